The number of fused-ring (bicyclic) bond motifs is 1. The number of nitrogens with zero attached hydrogens (tertiary/aromatic N) is 3. The van der Waals surface area contributed by atoms with Gasteiger partial charge in [-0.05, 0) is 35.9 Å². The maximum atomic E-state index is 10.6. The third kappa shape index (κ3) is 1.70. The van der Waals surface area contributed by atoms with Crippen LogP contribution >= 0.6 is 11.6 Å². The third-order valence-corrected chi connectivity index (χ3v) is 2.49. The summed E-state index contributed by atoms with van der Waals surface area (Å²) in [5.41, 5.74) is 1.17. The highest BCUT2D eigenvalue weighted by molar-refractivity contribution is 6.28. The molecule has 0 saturated carbocycles. The van der Waals surface area contributed by atoms with Crippen LogP contribution in [0.5, 0.6) is 0 Å². The van der Waals surface area contributed by atoms with E-state index in [9.17, 15) is 4.79 Å². The van der Waals surface area contributed by atoms with Crippen molar-refractivity contribution in [2.45, 2.75) is 0 Å². The van der Waals surface area contributed by atoms with Gasteiger partial charge >= 0.3 is 0 Å². The van der Waals surface area contributed by atoms with E-state index in [4.69, 9.17) is 16.0 Å². The smallest absolute Gasteiger partial charge is 0.217 e. The Labute approximate surface area is 101 Å². The van der Waals surface area contributed by atoms with Crippen LogP contribution < -0.4 is 0 Å². The monoisotopic (exact) mass is 247 g/mol. The Morgan fingerprint density at radius 2 is 2.18 bits per heavy atom. The lowest BCUT2D eigenvalue weighted by atomic mass is 10.3. The van der Waals surface area contributed by atoms with Crippen LogP contribution in [0.2, 0.25) is 5.22 Å². The van der Waals surface area contributed by atoms with Crippen molar-refractivity contribution >= 4 is 23.5 Å². The quantitative estimate of drug-likeness (QED) is 0.653. The Balaban J connectivity index is 2.16. The van der Waals surface area contributed by atoms with Crippen LogP contribution in [0, 0.1) is 0 Å². The van der Waals surface area contributed by atoms with Crippen LogP contribution in [-0.2, 0) is 0 Å². The van der Waals surface area contributed by atoms with Gasteiger partial charge in [-0.25, -0.2) is 9.50 Å². The summed E-state index contributed by atoms with van der Waals surface area (Å²) in [6.07, 6.45) is 2.36. The molecule has 5 nitrogen and oxygen atoms in total. The second-order valence-electron chi connectivity index (χ2n) is 3.42. The zero-order valence-corrected chi connectivity index (χ0v) is 9.26. The molecule has 0 radical (unpaired) electrons. The van der Waals surface area contributed by atoms with Gasteiger partial charge in [-0.15, -0.1) is 5.10 Å². The predicted molar refractivity (Wildman–Crippen MR) is 61.1 cm³/mol. The molecule has 3 aromatic rings. The van der Waals surface area contributed by atoms with Gasteiger partial charge in [0, 0.05) is 11.8 Å². The standard InChI is InChI=1S/C11H6ClN3O2/c12-9-3-2-8(17-9)11-13-10-4-1-7(6-16)5-15(10)14-11/h1-6H. The fourth-order valence-corrected chi connectivity index (χ4v) is 1.65. The van der Waals surface area contributed by atoms with Crippen LogP contribution in [-0.4, -0.2) is 20.9 Å². The summed E-state index contributed by atoms with van der Waals surface area (Å²) < 4.78 is 6.74. The molecule has 0 amide bonds. The lowest BCUT2D eigenvalue weighted by Gasteiger charge is -1.90. The number of aromatic nitrogens is 3. The van der Waals surface area contributed by atoms with Crippen molar-refractivity contribution in [1.82, 2.24) is 14.6 Å². The number of carbonyl (C=O) groups is 1. The van der Waals surface area contributed by atoms with Gasteiger partial charge in [0.2, 0.25) is 5.82 Å². The molecule has 0 spiro atoms. The molecule has 0 N–H and O–H groups in total. The number of hydrogen-bond donors (Lipinski definition) is 0. The van der Waals surface area contributed by atoms with Gasteiger partial charge < -0.3 is 4.42 Å². The molecule has 17 heavy (non-hydrogen) atoms. The second kappa shape index (κ2) is 3.71. The minimum atomic E-state index is 0.285. The molecule has 0 atom stereocenters. The molecule has 0 aromatic carbocycles. The van der Waals surface area contributed by atoms with Crippen LogP contribution in [0.3, 0.4) is 0 Å². The first kappa shape index (κ1) is 10.0. The first-order valence-electron chi connectivity index (χ1n) is 4.83. The number of furan rings is 1. The summed E-state index contributed by atoms with van der Waals surface area (Å²) in [7, 11) is 0. The van der Waals surface area contributed by atoms with E-state index in [0.29, 0.717) is 22.8 Å². The number of rotatable bonds is 2. The van der Waals surface area contributed by atoms with E-state index in [1.807, 2.05) is 0 Å². The van der Waals surface area contributed by atoms with Gasteiger partial charge in [0.25, 0.3) is 0 Å². The Bertz CT molecular complexity index is 702. The minimum absolute atomic E-state index is 0.285. The zero-order valence-electron chi connectivity index (χ0n) is 8.50. The Hall–Kier alpha value is -2.14. The van der Waals surface area contributed by atoms with Gasteiger partial charge in [-0.3, -0.25) is 4.79 Å². The molecule has 0 saturated heterocycles. The SMILES string of the molecule is O=Cc1ccc2nc(-c3ccc(Cl)o3)nn2c1. The number of hydrogen-bond acceptors (Lipinski definition) is 4. The van der Waals surface area contributed by atoms with Gasteiger partial charge in [-0.2, -0.15) is 0 Å². The van der Waals surface area contributed by atoms with Crippen molar-refractivity contribution in [2.24, 2.45) is 0 Å². The molecule has 0 bridgehead atoms. The molecule has 3 rings (SSSR count). The first-order valence-corrected chi connectivity index (χ1v) is 5.21. The van der Waals surface area contributed by atoms with E-state index >= 15 is 0 Å². The van der Waals surface area contributed by atoms with Crippen LogP contribution in [0.1, 0.15) is 10.4 Å². The molecule has 6 heteroatoms. The molecule has 84 valence electrons. The summed E-state index contributed by atoms with van der Waals surface area (Å²) >= 11 is 5.68. The first-order chi connectivity index (χ1) is 8.26. The topological polar surface area (TPSA) is 60.4 Å². The minimum Gasteiger partial charge on any atom is -0.441 e. The van der Waals surface area contributed by atoms with Gasteiger partial charge in [0.05, 0.1) is 0 Å². The van der Waals surface area contributed by atoms with Crippen molar-refractivity contribution in [3.63, 3.8) is 0 Å². The highest BCUT2D eigenvalue weighted by Gasteiger charge is 2.10. The summed E-state index contributed by atoms with van der Waals surface area (Å²) in [5, 5.41) is 4.48. The maximum Gasteiger partial charge on any atom is 0.217 e. The normalized spacial score (nSPS) is 10.9. The summed E-state index contributed by atoms with van der Waals surface area (Å²) in [6.45, 7) is 0. The van der Waals surface area contributed by atoms with E-state index in [-0.39, 0.29) is 5.22 Å². The average Bonchev–Trinajstić information content (AvgIpc) is 2.93. The molecule has 0 aliphatic carbocycles. The highest BCUT2D eigenvalue weighted by Crippen LogP contribution is 2.22. The Kier molecular flexibility index (Phi) is 2.19. The van der Waals surface area contributed by atoms with E-state index in [1.54, 1.807) is 30.5 Å². The zero-order chi connectivity index (χ0) is 11.8. The van der Waals surface area contributed by atoms with Gasteiger partial charge in [0.1, 0.15) is 0 Å². The number of carbonyl (C=O) groups excluding carboxylic acids is 1. The third-order valence-electron chi connectivity index (χ3n) is 2.28. The second-order valence-corrected chi connectivity index (χ2v) is 3.79. The van der Waals surface area contributed by atoms with E-state index < -0.39 is 0 Å². The van der Waals surface area contributed by atoms with Crippen molar-refractivity contribution in [3.8, 4) is 11.6 Å². The maximum absolute atomic E-state index is 10.6. The highest BCUT2D eigenvalue weighted by atomic mass is 35.5. The Morgan fingerprint density at radius 3 is 2.88 bits per heavy atom. The average molecular weight is 248 g/mol. The predicted octanol–water partition coefficient (Wildman–Crippen LogP) is 2.46. The lowest BCUT2D eigenvalue weighted by Crippen LogP contribution is -1.89. The van der Waals surface area contributed by atoms with Crippen molar-refractivity contribution in [2.75, 3.05) is 0 Å². The number of halogens is 1. The summed E-state index contributed by atoms with van der Waals surface area (Å²) in [6, 6.07) is 6.71. The molecule has 0 aliphatic heterocycles. The number of aldehydes is 1. The molecule has 0 aliphatic rings. The fraction of sp³-hybridized carbons (Fsp3) is 0. The number of pyridine rings is 1. The van der Waals surface area contributed by atoms with E-state index in [2.05, 4.69) is 10.1 Å². The molecule has 3 aromatic heterocycles. The van der Waals surface area contributed by atoms with Crippen LogP contribution in [0.15, 0.2) is 34.9 Å². The molecular formula is C11H6ClN3O2. The van der Waals surface area contributed by atoms with Crippen LogP contribution in [0.4, 0.5) is 0 Å². The van der Waals surface area contributed by atoms with E-state index in [0.717, 1.165) is 6.29 Å². The molecule has 0 fully saturated rings. The lowest BCUT2D eigenvalue weighted by molar-refractivity contribution is 0.112. The van der Waals surface area contributed by atoms with E-state index in [1.165, 1.54) is 4.52 Å². The fourth-order valence-electron chi connectivity index (χ4n) is 1.51. The van der Waals surface area contributed by atoms with Crippen molar-refractivity contribution in [1.29, 1.82) is 0 Å². The largest absolute Gasteiger partial charge is 0.441 e. The summed E-state index contributed by atoms with van der Waals surface area (Å²) in [5.74, 6) is 0.923. The van der Waals surface area contributed by atoms with Gasteiger partial charge in [0.15, 0.2) is 22.9 Å². The van der Waals surface area contributed by atoms with Gasteiger partial charge in [-0.1, -0.05) is 0 Å². The van der Waals surface area contributed by atoms with Crippen LogP contribution in [0.25, 0.3) is 17.2 Å². The Morgan fingerprint density at radius 1 is 1.29 bits per heavy atom. The molecular weight excluding hydrogens is 242 g/mol. The molecule has 3 heterocycles. The molecule has 0 unspecified atom stereocenters. The van der Waals surface area contributed by atoms with Crippen molar-refractivity contribution < 1.29 is 9.21 Å². The summed E-state index contributed by atoms with van der Waals surface area (Å²) in [4.78, 5) is 14.9. The van der Waals surface area contributed by atoms with Crippen molar-refractivity contribution in [3.05, 3.63) is 41.2 Å².